The molecule has 0 atom stereocenters. The molecule has 0 aliphatic heterocycles. The van der Waals surface area contributed by atoms with E-state index in [1.807, 2.05) is 0 Å². The third-order valence-electron chi connectivity index (χ3n) is 2.51. The zero-order valence-corrected chi connectivity index (χ0v) is 13.3. The highest BCUT2D eigenvalue weighted by Crippen LogP contribution is 2.04. The molecule has 0 bridgehead atoms. The van der Waals surface area contributed by atoms with Crippen LogP contribution in [-0.4, -0.2) is 41.1 Å². The molecule has 0 saturated heterocycles. The van der Waals surface area contributed by atoms with E-state index in [0.717, 1.165) is 17.4 Å². The minimum atomic E-state index is -3.61. The van der Waals surface area contributed by atoms with Crippen molar-refractivity contribution >= 4 is 19.9 Å². The van der Waals surface area contributed by atoms with Crippen LogP contribution in [0.3, 0.4) is 0 Å². The van der Waals surface area contributed by atoms with Crippen LogP contribution in [0.4, 0.5) is 0 Å². The molecule has 0 radical (unpaired) electrons. The van der Waals surface area contributed by atoms with Crippen LogP contribution >= 0.6 is 0 Å². The first-order chi connectivity index (χ1) is 9.72. The fourth-order valence-electron chi connectivity index (χ4n) is 1.39. The van der Waals surface area contributed by atoms with Crippen LogP contribution in [0.2, 0.25) is 0 Å². The van der Waals surface area contributed by atoms with E-state index in [0.29, 0.717) is 0 Å². The summed E-state index contributed by atoms with van der Waals surface area (Å²) in [5.74, 6) is 4.75. The van der Waals surface area contributed by atoms with E-state index in [1.165, 1.54) is 0 Å². The molecule has 0 aromatic heterocycles. The van der Waals surface area contributed by atoms with Crippen LogP contribution in [0, 0.1) is 11.8 Å². The zero-order chi connectivity index (χ0) is 15.9. The molecule has 1 aromatic carbocycles. The van der Waals surface area contributed by atoms with Gasteiger partial charge in [-0.05, 0) is 17.7 Å². The predicted octanol–water partition coefficient (Wildman–Crippen LogP) is -0.539. The summed E-state index contributed by atoms with van der Waals surface area (Å²) in [7, 11) is -6.91. The molecule has 6 nitrogen and oxygen atoms in total. The maximum Gasteiger partial charge on any atom is 0.212 e. The second-order valence-electron chi connectivity index (χ2n) is 4.47. The number of benzene rings is 1. The van der Waals surface area contributed by atoms with Crippen molar-refractivity contribution in [3.05, 3.63) is 35.4 Å². The number of hydrogen-bond donors (Lipinski definition) is 2. The first-order valence-electron chi connectivity index (χ1n) is 6.15. The Bertz CT molecular complexity index is 727. The van der Waals surface area contributed by atoms with Gasteiger partial charge in [0.25, 0.3) is 0 Å². The zero-order valence-electron chi connectivity index (χ0n) is 11.7. The number of nitrogens with two attached hydrogens (primary N) is 1. The van der Waals surface area contributed by atoms with Crippen LogP contribution in [0.1, 0.15) is 11.1 Å². The fraction of sp³-hybridized carbons (Fsp3) is 0.385. The van der Waals surface area contributed by atoms with Crippen molar-refractivity contribution in [2.24, 2.45) is 5.73 Å². The molecule has 0 aliphatic rings. The number of rotatable bonds is 6. The molecular formula is C13H18N2O4S2. The van der Waals surface area contributed by atoms with Gasteiger partial charge in [0.05, 0.1) is 18.1 Å². The van der Waals surface area contributed by atoms with Gasteiger partial charge >= 0.3 is 0 Å². The molecule has 21 heavy (non-hydrogen) atoms. The van der Waals surface area contributed by atoms with Gasteiger partial charge in [-0.25, -0.2) is 21.6 Å². The topological polar surface area (TPSA) is 106 Å². The minimum absolute atomic E-state index is 0.108. The van der Waals surface area contributed by atoms with Gasteiger partial charge in [-0.2, -0.15) is 0 Å². The van der Waals surface area contributed by atoms with Gasteiger partial charge in [-0.15, -0.1) is 0 Å². The van der Waals surface area contributed by atoms with Crippen molar-refractivity contribution < 1.29 is 16.8 Å². The van der Waals surface area contributed by atoms with Crippen LogP contribution in [0.25, 0.3) is 0 Å². The summed E-state index contributed by atoms with van der Waals surface area (Å²) in [6, 6.07) is 7.03. The molecule has 0 unspecified atom stereocenters. The second kappa shape index (κ2) is 7.56. The third-order valence-corrected chi connectivity index (χ3v) is 5.04. The molecule has 8 heteroatoms. The summed E-state index contributed by atoms with van der Waals surface area (Å²) in [6.07, 6.45) is 1.00. The quantitative estimate of drug-likeness (QED) is 0.682. The van der Waals surface area contributed by atoms with Gasteiger partial charge < -0.3 is 5.73 Å². The summed E-state index contributed by atoms with van der Waals surface area (Å²) in [4.78, 5) is 0. The van der Waals surface area contributed by atoms with Crippen LogP contribution < -0.4 is 10.5 Å². The highest BCUT2D eigenvalue weighted by molar-refractivity contribution is 7.93. The van der Waals surface area contributed by atoms with Crippen molar-refractivity contribution in [3.63, 3.8) is 0 Å². The van der Waals surface area contributed by atoms with E-state index >= 15 is 0 Å². The lowest BCUT2D eigenvalue weighted by Gasteiger charge is -2.06. The summed E-state index contributed by atoms with van der Waals surface area (Å²) in [5, 5.41) is 0. The Labute approximate surface area is 125 Å². The lowest BCUT2D eigenvalue weighted by Crippen LogP contribution is -2.29. The molecule has 0 saturated carbocycles. The number of sulfonamides is 1. The van der Waals surface area contributed by atoms with E-state index < -0.39 is 31.4 Å². The molecule has 0 aliphatic carbocycles. The van der Waals surface area contributed by atoms with Crippen molar-refractivity contribution in [2.45, 2.75) is 6.54 Å². The minimum Gasteiger partial charge on any atom is -0.320 e. The molecule has 0 spiro atoms. The van der Waals surface area contributed by atoms with Gasteiger partial charge in [0.1, 0.15) is 9.84 Å². The Morgan fingerprint density at radius 3 is 2.24 bits per heavy atom. The van der Waals surface area contributed by atoms with Gasteiger partial charge in [0, 0.05) is 18.4 Å². The highest BCUT2D eigenvalue weighted by atomic mass is 32.2. The van der Waals surface area contributed by atoms with Crippen molar-refractivity contribution in [1.29, 1.82) is 0 Å². The lowest BCUT2D eigenvalue weighted by molar-refractivity contribution is 0.579. The SMILES string of the molecule is CS(=O)(=O)CCS(=O)(=O)NCc1ccc(C#CCN)cc1. The van der Waals surface area contributed by atoms with Crippen LogP contribution in [-0.2, 0) is 26.4 Å². The fourth-order valence-corrected chi connectivity index (χ4v) is 4.01. The van der Waals surface area contributed by atoms with E-state index in [2.05, 4.69) is 16.6 Å². The van der Waals surface area contributed by atoms with Gasteiger partial charge in [-0.3, -0.25) is 0 Å². The second-order valence-corrected chi connectivity index (χ2v) is 8.66. The maximum absolute atomic E-state index is 11.6. The van der Waals surface area contributed by atoms with Gasteiger partial charge in [0.15, 0.2) is 0 Å². The first kappa shape index (κ1) is 17.7. The Balaban J connectivity index is 2.58. The standard InChI is InChI=1S/C13H18N2O4S2/c1-20(16,17)9-10-21(18,19)15-11-13-6-4-12(5-7-13)3-2-8-14/h4-7,15H,8-11,14H2,1H3. The summed E-state index contributed by atoms with van der Waals surface area (Å²) in [6.45, 7) is 0.387. The predicted molar refractivity (Wildman–Crippen MR) is 82.7 cm³/mol. The van der Waals surface area contributed by atoms with Crippen molar-refractivity contribution in [3.8, 4) is 11.8 Å². The average molecular weight is 330 g/mol. The van der Waals surface area contributed by atoms with E-state index in [9.17, 15) is 16.8 Å². The van der Waals surface area contributed by atoms with E-state index in [-0.39, 0.29) is 13.1 Å². The molecule has 0 fully saturated rings. The third kappa shape index (κ3) is 7.82. The van der Waals surface area contributed by atoms with Crippen molar-refractivity contribution in [1.82, 2.24) is 4.72 Å². The van der Waals surface area contributed by atoms with Gasteiger partial charge in [0.2, 0.25) is 10.0 Å². The molecule has 1 aromatic rings. The Morgan fingerprint density at radius 1 is 1.10 bits per heavy atom. The van der Waals surface area contributed by atoms with Crippen molar-refractivity contribution in [2.75, 3.05) is 24.3 Å². The van der Waals surface area contributed by atoms with Crippen LogP contribution in [0.15, 0.2) is 24.3 Å². The highest BCUT2D eigenvalue weighted by Gasteiger charge is 2.13. The number of sulfone groups is 1. The normalized spacial score (nSPS) is 11.7. The van der Waals surface area contributed by atoms with Gasteiger partial charge in [-0.1, -0.05) is 24.0 Å². The molecule has 116 valence electrons. The summed E-state index contributed by atoms with van der Waals surface area (Å²) >= 11 is 0. The maximum atomic E-state index is 11.6. The summed E-state index contributed by atoms with van der Waals surface area (Å²) < 4.78 is 47.6. The van der Waals surface area contributed by atoms with E-state index in [4.69, 9.17) is 5.73 Å². The van der Waals surface area contributed by atoms with Crippen LogP contribution in [0.5, 0.6) is 0 Å². The Kier molecular flexibility index (Phi) is 6.36. The Morgan fingerprint density at radius 2 is 1.71 bits per heavy atom. The smallest absolute Gasteiger partial charge is 0.212 e. The molecule has 1 rings (SSSR count). The molecule has 0 amide bonds. The first-order valence-corrected chi connectivity index (χ1v) is 9.86. The summed E-state index contributed by atoms with van der Waals surface area (Å²) in [5.41, 5.74) is 6.82. The molecule has 0 heterocycles. The lowest BCUT2D eigenvalue weighted by atomic mass is 10.1. The van der Waals surface area contributed by atoms with E-state index in [1.54, 1.807) is 24.3 Å². The number of nitrogens with one attached hydrogen (secondary N) is 1. The molecular weight excluding hydrogens is 312 g/mol. The average Bonchev–Trinajstić information content (AvgIpc) is 2.41. The number of hydrogen-bond acceptors (Lipinski definition) is 5. The molecule has 3 N–H and O–H groups in total. The monoisotopic (exact) mass is 330 g/mol. The Hall–Kier alpha value is -1.40. The largest absolute Gasteiger partial charge is 0.320 e.